The molecule has 27 heavy (non-hydrogen) atoms. The maximum absolute atomic E-state index is 12.2. The van der Waals surface area contributed by atoms with E-state index in [-0.39, 0.29) is 18.3 Å². The highest BCUT2D eigenvalue weighted by molar-refractivity contribution is 5.93. The number of hydrogen-bond donors (Lipinski definition) is 6. The molecule has 0 fully saturated rings. The van der Waals surface area contributed by atoms with Gasteiger partial charge in [0.25, 0.3) is 0 Å². The second-order valence-electron chi connectivity index (χ2n) is 7.27. The van der Waals surface area contributed by atoms with Gasteiger partial charge in [-0.1, -0.05) is 27.7 Å². The zero-order chi connectivity index (χ0) is 21.3. The minimum atomic E-state index is -1.34. The van der Waals surface area contributed by atoms with Gasteiger partial charge in [0, 0.05) is 0 Å². The molecule has 3 amide bonds. The maximum Gasteiger partial charge on any atom is 0.326 e. The molecule has 156 valence electrons. The van der Waals surface area contributed by atoms with Crippen LogP contribution in [0.4, 0.5) is 0 Å². The molecule has 0 aliphatic heterocycles. The maximum atomic E-state index is 12.2. The van der Waals surface area contributed by atoms with Gasteiger partial charge >= 0.3 is 5.97 Å². The van der Waals surface area contributed by atoms with Crippen molar-refractivity contribution in [3.05, 3.63) is 0 Å². The van der Waals surface area contributed by atoms with Gasteiger partial charge in [-0.3, -0.25) is 14.4 Å². The van der Waals surface area contributed by atoms with Crippen LogP contribution in [0.2, 0.25) is 0 Å². The van der Waals surface area contributed by atoms with Crippen molar-refractivity contribution in [1.82, 2.24) is 16.0 Å². The van der Waals surface area contributed by atoms with Gasteiger partial charge in [-0.05, 0) is 25.2 Å². The number of rotatable bonds is 11. The van der Waals surface area contributed by atoms with E-state index < -0.39 is 54.5 Å². The number of nitrogens with two attached hydrogens (primary N) is 1. The smallest absolute Gasteiger partial charge is 0.326 e. The van der Waals surface area contributed by atoms with E-state index in [0.717, 1.165) is 0 Å². The zero-order valence-corrected chi connectivity index (χ0v) is 16.5. The molecule has 0 saturated carbocycles. The predicted octanol–water partition coefficient (Wildman–Crippen LogP) is -1.43. The molecule has 4 atom stereocenters. The molecule has 0 aromatic heterocycles. The van der Waals surface area contributed by atoms with Gasteiger partial charge in [-0.25, -0.2) is 4.79 Å². The van der Waals surface area contributed by atoms with E-state index >= 15 is 0 Å². The van der Waals surface area contributed by atoms with Crippen LogP contribution in [-0.2, 0) is 19.2 Å². The van der Waals surface area contributed by atoms with E-state index in [1.807, 2.05) is 0 Å². The first-order valence-electron chi connectivity index (χ1n) is 8.91. The molecule has 0 aliphatic carbocycles. The number of carboxylic acid groups (broad SMARTS) is 1. The van der Waals surface area contributed by atoms with Gasteiger partial charge < -0.3 is 31.9 Å². The largest absolute Gasteiger partial charge is 0.480 e. The molecule has 0 saturated heterocycles. The Morgan fingerprint density at radius 1 is 0.852 bits per heavy atom. The van der Waals surface area contributed by atoms with Crippen molar-refractivity contribution >= 4 is 23.7 Å². The van der Waals surface area contributed by atoms with Crippen LogP contribution in [0.25, 0.3) is 0 Å². The number of carbonyl (C=O) groups excluding carboxylic acids is 3. The average molecular weight is 388 g/mol. The number of nitrogens with one attached hydrogen (secondary N) is 3. The number of amides is 3. The summed E-state index contributed by atoms with van der Waals surface area (Å²) in [4.78, 5) is 47.5. The third-order valence-corrected chi connectivity index (χ3v) is 3.91. The lowest BCUT2D eigenvalue weighted by molar-refractivity contribution is -0.143. The quantitative estimate of drug-likeness (QED) is 0.252. The lowest BCUT2D eigenvalue weighted by atomic mass is 10.0. The Bertz CT molecular complexity index is 538. The van der Waals surface area contributed by atoms with Gasteiger partial charge in [0.2, 0.25) is 17.7 Å². The van der Waals surface area contributed by atoms with Gasteiger partial charge in [-0.15, -0.1) is 0 Å². The molecule has 0 bridgehead atoms. The van der Waals surface area contributed by atoms with Gasteiger partial charge in [0.15, 0.2) is 0 Å². The van der Waals surface area contributed by atoms with Crippen LogP contribution < -0.4 is 21.7 Å². The monoisotopic (exact) mass is 388 g/mol. The number of carbonyl (C=O) groups is 4. The summed E-state index contributed by atoms with van der Waals surface area (Å²) in [7, 11) is 0. The van der Waals surface area contributed by atoms with Gasteiger partial charge in [0.05, 0.1) is 12.6 Å². The van der Waals surface area contributed by atoms with Crippen molar-refractivity contribution < 1.29 is 29.4 Å². The molecule has 10 heteroatoms. The third-order valence-electron chi connectivity index (χ3n) is 3.91. The number of aliphatic carboxylic acids is 1. The van der Waals surface area contributed by atoms with Crippen LogP contribution >= 0.6 is 0 Å². The van der Waals surface area contributed by atoms with Gasteiger partial charge in [-0.2, -0.15) is 0 Å². The standard InChI is InChI=1S/C17H32N4O6/c1-8(2)6-11(17(26)27)20-15(24)12(7-22)21-14(23)10(5)19-16(25)13(18)9(3)4/h8-13,22H,6-7,18H2,1-5H3,(H,19,25)(H,20,24)(H,21,23)(H,26,27). The second-order valence-corrected chi connectivity index (χ2v) is 7.27. The van der Waals surface area contributed by atoms with Crippen LogP contribution in [0.15, 0.2) is 0 Å². The Balaban J connectivity index is 4.84. The van der Waals surface area contributed by atoms with Crippen molar-refractivity contribution in [2.75, 3.05) is 6.61 Å². The summed E-state index contributed by atoms with van der Waals surface area (Å²) in [5.74, 6) is -3.34. The molecule has 0 spiro atoms. The second kappa shape index (κ2) is 11.5. The Hall–Kier alpha value is -2.20. The summed E-state index contributed by atoms with van der Waals surface area (Å²) in [6, 6.07) is -4.26. The molecule has 7 N–H and O–H groups in total. The fourth-order valence-electron chi connectivity index (χ4n) is 2.13. The SMILES string of the molecule is CC(C)CC(NC(=O)C(CO)NC(=O)C(C)NC(=O)C(N)C(C)C)C(=O)O. The minimum absolute atomic E-state index is 0.0222. The first kappa shape index (κ1) is 24.8. The fourth-order valence-corrected chi connectivity index (χ4v) is 2.13. The van der Waals surface area contributed by atoms with E-state index in [1.54, 1.807) is 27.7 Å². The van der Waals surface area contributed by atoms with Crippen LogP contribution in [0.5, 0.6) is 0 Å². The lowest BCUT2D eigenvalue weighted by Crippen LogP contribution is -2.57. The van der Waals surface area contributed by atoms with E-state index in [2.05, 4.69) is 16.0 Å². The van der Waals surface area contributed by atoms with Crippen LogP contribution in [-0.4, -0.2) is 64.7 Å². The van der Waals surface area contributed by atoms with Crippen molar-refractivity contribution in [1.29, 1.82) is 0 Å². The normalized spacial score (nSPS) is 15.6. The van der Waals surface area contributed by atoms with Crippen molar-refractivity contribution in [2.24, 2.45) is 17.6 Å². The van der Waals surface area contributed by atoms with E-state index in [1.165, 1.54) is 6.92 Å². The van der Waals surface area contributed by atoms with Crippen LogP contribution in [0.3, 0.4) is 0 Å². The predicted molar refractivity (Wildman–Crippen MR) is 98.5 cm³/mol. The number of aliphatic hydroxyl groups is 1. The summed E-state index contributed by atoms with van der Waals surface area (Å²) in [5.41, 5.74) is 5.70. The Labute approximate surface area is 159 Å². The minimum Gasteiger partial charge on any atom is -0.480 e. The fraction of sp³-hybridized carbons (Fsp3) is 0.765. The summed E-state index contributed by atoms with van der Waals surface area (Å²) in [6.45, 7) is 7.82. The van der Waals surface area contributed by atoms with Crippen LogP contribution in [0.1, 0.15) is 41.0 Å². The first-order chi connectivity index (χ1) is 12.4. The van der Waals surface area contributed by atoms with E-state index in [9.17, 15) is 24.3 Å². The molecule has 4 unspecified atom stereocenters. The third kappa shape index (κ3) is 8.83. The molecule has 10 nitrogen and oxygen atoms in total. The number of hydrogen-bond acceptors (Lipinski definition) is 6. The molecular formula is C17H32N4O6. The molecule has 0 heterocycles. The summed E-state index contributed by atoms with van der Waals surface area (Å²) in [5, 5.41) is 25.6. The summed E-state index contributed by atoms with van der Waals surface area (Å²) >= 11 is 0. The highest BCUT2D eigenvalue weighted by Gasteiger charge is 2.29. The lowest BCUT2D eigenvalue weighted by Gasteiger charge is -2.23. The Kier molecular flexibility index (Phi) is 10.6. The molecule has 0 aliphatic rings. The molecule has 0 rings (SSSR count). The van der Waals surface area contributed by atoms with E-state index in [0.29, 0.717) is 0 Å². The molecule has 0 radical (unpaired) electrons. The highest BCUT2D eigenvalue weighted by Crippen LogP contribution is 2.05. The highest BCUT2D eigenvalue weighted by atomic mass is 16.4. The molecular weight excluding hydrogens is 356 g/mol. The van der Waals surface area contributed by atoms with Crippen molar-refractivity contribution in [3.63, 3.8) is 0 Å². The summed E-state index contributed by atoms with van der Waals surface area (Å²) < 4.78 is 0. The number of aliphatic hydroxyl groups excluding tert-OH is 1. The topological polar surface area (TPSA) is 171 Å². The zero-order valence-electron chi connectivity index (χ0n) is 16.5. The first-order valence-corrected chi connectivity index (χ1v) is 8.91. The Morgan fingerprint density at radius 2 is 1.37 bits per heavy atom. The van der Waals surface area contributed by atoms with Crippen LogP contribution in [0, 0.1) is 11.8 Å². The molecule has 0 aromatic rings. The van der Waals surface area contributed by atoms with E-state index in [4.69, 9.17) is 10.8 Å². The summed E-state index contributed by atoms with van der Waals surface area (Å²) in [6.07, 6.45) is 0.201. The molecule has 0 aromatic carbocycles. The van der Waals surface area contributed by atoms with Crippen molar-refractivity contribution in [3.8, 4) is 0 Å². The Morgan fingerprint density at radius 3 is 1.78 bits per heavy atom. The number of carboxylic acids is 1. The van der Waals surface area contributed by atoms with Crippen molar-refractivity contribution in [2.45, 2.75) is 65.2 Å². The average Bonchev–Trinajstić information content (AvgIpc) is 2.56. The van der Waals surface area contributed by atoms with Gasteiger partial charge in [0.1, 0.15) is 18.1 Å².